The van der Waals surface area contributed by atoms with Gasteiger partial charge < -0.3 is 4.57 Å². The fraction of sp³-hybridized carbons (Fsp3) is 0.125. The minimum absolute atomic E-state index is 0.0699. The van der Waals surface area contributed by atoms with Gasteiger partial charge in [0, 0.05) is 35.9 Å². The number of nitro benzene ring substituents is 1. The Morgan fingerprint density at radius 3 is 1.76 bits per heavy atom. The smallest absolute Gasteiger partial charge is 0.269 e. The van der Waals surface area contributed by atoms with E-state index in [0.29, 0.717) is 0 Å². The number of nitro groups is 1. The van der Waals surface area contributed by atoms with Gasteiger partial charge in [0.2, 0.25) is 0 Å². The fourth-order valence-electron chi connectivity index (χ4n) is 3.44. The lowest BCUT2D eigenvalue weighted by Crippen LogP contribution is -1.96. The van der Waals surface area contributed by atoms with Crippen molar-refractivity contribution in [2.24, 2.45) is 7.05 Å². The molecule has 0 saturated heterocycles. The fourth-order valence-corrected chi connectivity index (χ4v) is 3.44. The highest BCUT2D eigenvalue weighted by Crippen LogP contribution is 2.36. The van der Waals surface area contributed by atoms with Gasteiger partial charge in [-0.05, 0) is 26.0 Å². The summed E-state index contributed by atoms with van der Waals surface area (Å²) < 4.78 is 2.06. The summed E-state index contributed by atoms with van der Waals surface area (Å²) in [4.78, 5) is 15.5. The Kier molecular flexibility index (Phi) is 4.72. The van der Waals surface area contributed by atoms with Crippen molar-refractivity contribution in [3.8, 4) is 33.9 Å². The van der Waals surface area contributed by atoms with Gasteiger partial charge in [0.1, 0.15) is 5.82 Å². The number of benzene rings is 3. The molecule has 144 valence electrons. The maximum absolute atomic E-state index is 11.0. The Balaban J connectivity index is 1.91. The van der Waals surface area contributed by atoms with Crippen molar-refractivity contribution in [2.75, 3.05) is 0 Å². The summed E-state index contributed by atoms with van der Waals surface area (Å²) >= 11 is 0. The number of nitrogens with zero attached hydrogens (tertiary/aromatic N) is 3. The van der Waals surface area contributed by atoms with E-state index >= 15 is 0 Å². The van der Waals surface area contributed by atoms with E-state index < -0.39 is 4.92 Å². The Morgan fingerprint density at radius 2 is 1.24 bits per heavy atom. The summed E-state index contributed by atoms with van der Waals surface area (Å²) in [6.45, 7) is 4.13. The van der Waals surface area contributed by atoms with Crippen LogP contribution >= 0.6 is 0 Å². The zero-order chi connectivity index (χ0) is 20.5. The topological polar surface area (TPSA) is 61.0 Å². The first kappa shape index (κ1) is 18.6. The molecular formula is C24H21N3O2. The largest absolute Gasteiger partial charge is 0.327 e. The number of aryl methyl sites for hydroxylation is 2. The highest BCUT2D eigenvalue weighted by Gasteiger charge is 2.19. The van der Waals surface area contributed by atoms with Crippen LogP contribution in [0.2, 0.25) is 0 Å². The molecule has 0 unspecified atom stereocenters. The molecule has 0 aliphatic heterocycles. The van der Waals surface area contributed by atoms with E-state index in [2.05, 4.69) is 66.9 Å². The molecule has 4 rings (SSSR count). The molecular weight excluding hydrogens is 362 g/mol. The average molecular weight is 383 g/mol. The van der Waals surface area contributed by atoms with Crippen LogP contribution in [0.4, 0.5) is 5.69 Å². The monoisotopic (exact) mass is 383 g/mol. The van der Waals surface area contributed by atoms with Crippen LogP contribution in [0.15, 0.2) is 72.8 Å². The van der Waals surface area contributed by atoms with Gasteiger partial charge >= 0.3 is 0 Å². The molecule has 0 saturated carbocycles. The molecule has 0 radical (unpaired) electrons. The molecule has 1 aromatic heterocycles. The molecule has 0 spiro atoms. The molecule has 0 atom stereocenters. The van der Waals surface area contributed by atoms with Crippen molar-refractivity contribution in [1.29, 1.82) is 0 Å². The molecule has 0 aliphatic carbocycles. The van der Waals surface area contributed by atoms with Gasteiger partial charge in [-0.25, -0.2) is 4.98 Å². The van der Waals surface area contributed by atoms with Gasteiger partial charge in [-0.15, -0.1) is 0 Å². The van der Waals surface area contributed by atoms with Gasteiger partial charge in [0.15, 0.2) is 0 Å². The standard InChI is InChI=1S/C24H21N3O2/c1-16-4-8-18(9-5-16)22-23(19-10-6-17(2)7-11-19)26(3)24(25-22)20-12-14-21(15-13-20)27(28)29/h4-15H,1-3H3. The van der Waals surface area contributed by atoms with E-state index in [4.69, 9.17) is 4.98 Å². The van der Waals surface area contributed by atoms with E-state index in [0.717, 1.165) is 33.9 Å². The van der Waals surface area contributed by atoms with Crippen LogP contribution in [-0.4, -0.2) is 14.5 Å². The lowest BCUT2D eigenvalue weighted by molar-refractivity contribution is -0.384. The van der Waals surface area contributed by atoms with Gasteiger partial charge in [-0.3, -0.25) is 10.1 Å². The predicted octanol–water partition coefficient (Wildman–Crippen LogP) is 5.95. The van der Waals surface area contributed by atoms with Crippen LogP contribution in [-0.2, 0) is 7.05 Å². The highest BCUT2D eigenvalue weighted by atomic mass is 16.6. The molecule has 0 N–H and O–H groups in total. The first-order valence-electron chi connectivity index (χ1n) is 9.39. The normalized spacial score (nSPS) is 10.9. The van der Waals surface area contributed by atoms with Crippen LogP contribution in [0.25, 0.3) is 33.9 Å². The lowest BCUT2D eigenvalue weighted by Gasteiger charge is -2.09. The van der Waals surface area contributed by atoms with E-state index in [-0.39, 0.29) is 5.69 Å². The van der Waals surface area contributed by atoms with Crippen LogP contribution in [0.1, 0.15) is 11.1 Å². The molecule has 0 fully saturated rings. The average Bonchev–Trinajstić information content (AvgIpc) is 3.06. The van der Waals surface area contributed by atoms with Crippen LogP contribution in [0.3, 0.4) is 0 Å². The van der Waals surface area contributed by atoms with Crippen molar-refractivity contribution in [3.05, 3.63) is 94.0 Å². The van der Waals surface area contributed by atoms with Crippen molar-refractivity contribution < 1.29 is 4.92 Å². The lowest BCUT2D eigenvalue weighted by atomic mass is 10.0. The summed E-state index contributed by atoms with van der Waals surface area (Å²) in [6, 6.07) is 23.2. The molecule has 1 heterocycles. The highest BCUT2D eigenvalue weighted by molar-refractivity contribution is 5.82. The quantitative estimate of drug-likeness (QED) is 0.323. The second-order valence-electron chi connectivity index (χ2n) is 7.23. The first-order valence-corrected chi connectivity index (χ1v) is 9.39. The summed E-state index contributed by atoms with van der Waals surface area (Å²) in [5.74, 6) is 0.769. The Hall–Kier alpha value is -3.73. The van der Waals surface area contributed by atoms with Crippen molar-refractivity contribution in [3.63, 3.8) is 0 Å². The first-order chi connectivity index (χ1) is 13.9. The third-order valence-electron chi connectivity index (χ3n) is 5.08. The number of rotatable bonds is 4. The Morgan fingerprint density at radius 1 is 0.759 bits per heavy atom. The zero-order valence-corrected chi connectivity index (χ0v) is 16.6. The van der Waals surface area contributed by atoms with Crippen LogP contribution in [0.5, 0.6) is 0 Å². The second kappa shape index (κ2) is 7.36. The number of non-ortho nitro benzene ring substituents is 1. The Bertz CT molecular complexity index is 1170. The maximum atomic E-state index is 11.0. The molecule has 5 heteroatoms. The van der Waals surface area contributed by atoms with Gasteiger partial charge in [-0.2, -0.15) is 0 Å². The third-order valence-corrected chi connectivity index (χ3v) is 5.08. The number of aromatic nitrogens is 2. The van der Waals surface area contributed by atoms with E-state index in [1.165, 1.54) is 23.3 Å². The molecule has 29 heavy (non-hydrogen) atoms. The number of imidazole rings is 1. The summed E-state index contributed by atoms with van der Waals surface area (Å²) in [5.41, 5.74) is 7.32. The molecule has 0 bridgehead atoms. The van der Waals surface area contributed by atoms with Crippen molar-refractivity contribution in [2.45, 2.75) is 13.8 Å². The number of hydrogen-bond acceptors (Lipinski definition) is 3. The SMILES string of the molecule is Cc1ccc(-c2nc(-c3ccc([N+](=O)[O-])cc3)n(C)c2-c2ccc(C)cc2)cc1. The molecule has 4 aromatic rings. The molecule has 0 aliphatic rings. The van der Waals surface area contributed by atoms with E-state index in [9.17, 15) is 10.1 Å². The minimum atomic E-state index is -0.391. The number of hydrogen-bond donors (Lipinski definition) is 0. The van der Waals surface area contributed by atoms with E-state index in [1.54, 1.807) is 12.1 Å². The molecule has 3 aromatic carbocycles. The summed E-state index contributed by atoms with van der Waals surface area (Å²) in [6.07, 6.45) is 0. The summed E-state index contributed by atoms with van der Waals surface area (Å²) in [5, 5.41) is 11.0. The molecule has 5 nitrogen and oxygen atoms in total. The maximum Gasteiger partial charge on any atom is 0.269 e. The molecule has 0 amide bonds. The minimum Gasteiger partial charge on any atom is -0.327 e. The predicted molar refractivity (Wildman–Crippen MR) is 116 cm³/mol. The Labute approximate surface area is 169 Å². The van der Waals surface area contributed by atoms with Crippen LogP contribution < -0.4 is 0 Å². The van der Waals surface area contributed by atoms with Crippen molar-refractivity contribution in [1.82, 2.24) is 9.55 Å². The van der Waals surface area contributed by atoms with Gasteiger partial charge in [0.05, 0.1) is 16.3 Å². The van der Waals surface area contributed by atoms with Gasteiger partial charge in [0.25, 0.3) is 5.69 Å². The van der Waals surface area contributed by atoms with E-state index in [1.807, 2.05) is 7.05 Å². The second-order valence-corrected chi connectivity index (χ2v) is 7.23. The van der Waals surface area contributed by atoms with Gasteiger partial charge in [-0.1, -0.05) is 59.7 Å². The third kappa shape index (κ3) is 3.55. The van der Waals surface area contributed by atoms with Crippen LogP contribution in [0, 0.1) is 24.0 Å². The van der Waals surface area contributed by atoms with Crippen molar-refractivity contribution >= 4 is 5.69 Å². The zero-order valence-electron chi connectivity index (χ0n) is 16.6. The summed E-state index contributed by atoms with van der Waals surface area (Å²) in [7, 11) is 1.98.